The summed E-state index contributed by atoms with van der Waals surface area (Å²) in [6.07, 6.45) is -1.59. The zero-order valence-electron chi connectivity index (χ0n) is 12.0. The van der Waals surface area contributed by atoms with Crippen molar-refractivity contribution in [3.8, 4) is 0 Å². The average molecular weight is 464 g/mol. The van der Waals surface area contributed by atoms with Crippen LogP contribution in [0.25, 0.3) is 10.7 Å². The third-order valence-corrected chi connectivity index (χ3v) is 6.24. The van der Waals surface area contributed by atoms with Crippen molar-refractivity contribution in [2.24, 2.45) is 0 Å². The molecule has 2 aromatic rings. The van der Waals surface area contributed by atoms with Crippen LogP contribution in [0.2, 0.25) is 0 Å². The van der Waals surface area contributed by atoms with Crippen molar-refractivity contribution in [3.05, 3.63) is 57.3 Å². The second-order valence-corrected chi connectivity index (χ2v) is 7.92. The summed E-state index contributed by atoms with van der Waals surface area (Å²) in [5.41, 5.74) is 0.354. The molecule has 0 saturated heterocycles. The number of aliphatic hydroxyl groups excluding tert-OH is 1. The van der Waals surface area contributed by atoms with Gasteiger partial charge in [0, 0.05) is 15.3 Å². The van der Waals surface area contributed by atoms with Crippen molar-refractivity contribution in [1.29, 1.82) is 0 Å². The van der Waals surface area contributed by atoms with E-state index in [1.165, 1.54) is 24.4 Å². The lowest BCUT2D eigenvalue weighted by atomic mass is 10.1. The Kier molecular flexibility index (Phi) is 4.47. The molecule has 1 N–H and O–H groups in total. The number of pyridine rings is 1. The molecule has 0 amide bonds. The van der Waals surface area contributed by atoms with E-state index in [9.17, 15) is 22.3 Å². The number of hydrogen-bond donors (Lipinski definition) is 1. The molecule has 0 bridgehead atoms. The predicted octanol–water partition coefficient (Wildman–Crippen LogP) is 3.48. The first-order chi connectivity index (χ1) is 11.3. The molecule has 1 aromatic heterocycles. The number of nitrogens with zero attached hydrogens (tertiary/aromatic N) is 2. The summed E-state index contributed by atoms with van der Waals surface area (Å²) in [5.74, 6) is -0.697. The molecule has 0 spiro atoms. The highest BCUT2D eigenvalue weighted by atomic mass is 127. The number of fused-ring (bicyclic) bond motifs is 1. The van der Waals surface area contributed by atoms with Gasteiger partial charge in [-0.25, -0.2) is 26.5 Å². The Morgan fingerprint density at radius 1 is 1.17 bits per heavy atom. The van der Waals surface area contributed by atoms with Crippen LogP contribution in [0.5, 0.6) is 0 Å². The molecule has 126 valence electrons. The molecule has 0 unspecified atom stereocenters. The van der Waals surface area contributed by atoms with Crippen LogP contribution in [0.3, 0.4) is 0 Å². The summed E-state index contributed by atoms with van der Waals surface area (Å²) >= 11 is 1.93. The molecule has 9 heteroatoms. The fraction of sp³-hybridized carbons (Fsp3) is 0.133. The Bertz CT molecular complexity index is 932. The number of rotatable bonds is 3. The zero-order chi connectivity index (χ0) is 17.5. The van der Waals surface area contributed by atoms with Crippen LogP contribution in [-0.2, 0) is 10.0 Å². The molecule has 1 aromatic carbocycles. The van der Waals surface area contributed by atoms with Gasteiger partial charge < -0.3 is 5.11 Å². The minimum atomic E-state index is -4.38. The molecular weight excluding hydrogens is 453 g/mol. The number of benzene rings is 1. The van der Waals surface area contributed by atoms with Gasteiger partial charge in [-0.2, -0.15) is 0 Å². The molecule has 1 aliphatic heterocycles. The maximum absolute atomic E-state index is 12.9. The van der Waals surface area contributed by atoms with E-state index in [0.717, 1.165) is 0 Å². The van der Waals surface area contributed by atoms with Gasteiger partial charge in [0.05, 0.1) is 12.1 Å². The van der Waals surface area contributed by atoms with E-state index in [0.29, 0.717) is 7.88 Å². The predicted molar refractivity (Wildman–Crippen MR) is 95.1 cm³/mol. The van der Waals surface area contributed by atoms with Crippen molar-refractivity contribution in [1.82, 2.24) is 4.98 Å². The number of halogens is 3. The smallest absolute Gasteiger partial charge is 0.270 e. The molecule has 0 fully saturated rings. The Hall–Kier alpha value is -1.75. The first kappa shape index (κ1) is 17.1. The summed E-state index contributed by atoms with van der Waals surface area (Å²) in [6.45, 7) is -1.04. The number of aliphatic hydroxyl groups is 1. The van der Waals surface area contributed by atoms with Crippen LogP contribution < -0.4 is 4.31 Å². The molecular formula is C15H11F2IN2O3S. The van der Waals surface area contributed by atoms with Crippen LogP contribution in [0, 0.1) is 3.57 Å². The summed E-state index contributed by atoms with van der Waals surface area (Å²) in [4.78, 5) is 3.47. The standard InChI is InChI=1S/C15H11F2IN2O3S/c16-12(17)8-20-15-10(5-3-7-19-15)13(21)14(24(20,22)23)9-4-1-2-6-11(9)18/h1-7,12,21H,8H2. The fourth-order valence-electron chi connectivity index (χ4n) is 2.47. The minimum Gasteiger partial charge on any atom is -0.506 e. The van der Waals surface area contributed by atoms with E-state index in [1.807, 2.05) is 22.6 Å². The lowest BCUT2D eigenvalue weighted by Crippen LogP contribution is -2.39. The Balaban J connectivity index is 2.34. The summed E-state index contributed by atoms with van der Waals surface area (Å²) in [6, 6.07) is 9.46. The van der Waals surface area contributed by atoms with E-state index in [-0.39, 0.29) is 16.9 Å². The van der Waals surface area contributed by atoms with E-state index < -0.39 is 33.7 Å². The van der Waals surface area contributed by atoms with Crippen molar-refractivity contribution < 1.29 is 22.3 Å². The van der Waals surface area contributed by atoms with Crippen molar-refractivity contribution in [2.45, 2.75) is 6.43 Å². The molecule has 0 saturated carbocycles. The molecule has 1 aliphatic rings. The Labute approximate surface area is 150 Å². The normalized spacial score (nSPS) is 16.4. The molecule has 2 heterocycles. The van der Waals surface area contributed by atoms with Gasteiger partial charge in [-0.15, -0.1) is 0 Å². The lowest BCUT2D eigenvalue weighted by Gasteiger charge is -2.30. The topological polar surface area (TPSA) is 70.5 Å². The lowest BCUT2D eigenvalue weighted by molar-refractivity contribution is 0.159. The number of hydrogen-bond acceptors (Lipinski definition) is 4. The maximum Gasteiger partial charge on any atom is 0.270 e. The third-order valence-electron chi connectivity index (χ3n) is 3.46. The van der Waals surface area contributed by atoms with Gasteiger partial charge in [0.15, 0.2) is 5.82 Å². The van der Waals surface area contributed by atoms with Gasteiger partial charge in [-0.3, -0.25) is 0 Å². The van der Waals surface area contributed by atoms with Crippen LogP contribution in [0.4, 0.5) is 14.6 Å². The van der Waals surface area contributed by atoms with E-state index in [1.54, 1.807) is 18.2 Å². The van der Waals surface area contributed by atoms with Gasteiger partial charge in [0.2, 0.25) is 0 Å². The third kappa shape index (κ3) is 2.75. The SMILES string of the molecule is O=S1(=O)C(c2ccccc2I)=C(O)c2cccnc2N1CC(F)F. The molecule has 0 atom stereocenters. The van der Waals surface area contributed by atoms with Crippen molar-refractivity contribution in [2.75, 3.05) is 10.8 Å². The first-order valence-electron chi connectivity index (χ1n) is 6.78. The van der Waals surface area contributed by atoms with Crippen LogP contribution in [0.1, 0.15) is 11.1 Å². The maximum atomic E-state index is 12.9. The summed E-state index contributed by atoms with van der Waals surface area (Å²) in [7, 11) is -4.38. The Morgan fingerprint density at radius 2 is 1.83 bits per heavy atom. The van der Waals surface area contributed by atoms with Gasteiger partial charge in [-0.05, 0) is 40.8 Å². The number of alkyl halides is 2. The van der Waals surface area contributed by atoms with Crippen molar-refractivity contribution in [3.63, 3.8) is 0 Å². The number of sulfonamides is 1. The largest absolute Gasteiger partial charge is 0.506 e. The number of aromatic nitrogens is 1. The van der Waals surface area contributed by atoms with Gasteiger partial charge >= 0.3 is 0 Å². The second kappa shape index (κ2) is 6.28. The molecule has 24 heavy (non-hydrogen) atoms. The van der Waals surface area contributed by atoms with Crippen LogP contribution in [0.15, 0.2) is 42.6 Å². The van der Waals surface area contributed by atoms with Gasteiger partial charge in [-0.1, -0.05) is 18.2 Å². The van der Waals surface area contributed by atoms with Crippen molar-refractivity contribution >= 4 is 49.1 Å². The molecule has 0 aliphatic carbocycles. The van der Waals surface area contributed by atoms with Gasteiger partial charge in [0.25, 0.3) is 16.4 Å². The van der Waals surface area contributed by atoms with Crippen LogP contribution in [-0.4, -0.2) is 31.5 Å². The highest BCUT2D eigenvalue weighted by Gasteiger charge is 2.40. The molecule has 3 rings (SSSR count). The quantitative estimate of drug-likeness (QED) is 0.707. The van der Waals surface area contributed by atoms with E-state index in [2.05, 4.69) is 4.98 Å². The fourth-order valence-corrected chi connectivity index (χ4v) is 5.02. The monoisotopic (exact) mass is 464 g/mol. The summed E-state index contributed by atoms with van der Waals surface area (Å²) < 4.78 is 52.8. The second-order valence-electron chi connectivity index (χ2n) is 4.96. The zero-order valence-corrected chi connectivity index (χ0v) is 15.0. The van der Waals surface area contributed by atoms with Gasteiger partial charge in [0.1, 0.15) is 10.7 Å². The summed E-state index contributed by atoms with van der Waals surface area (Å²) in [5, 5.41) is 10.5. The molecule has 0 radical (unpaired) electrons. The highest BCUT2D eigenvalue weighted by molar-refractivity contribution is 14.1. The molecule has 5 nitrogen and oxygen atoms in total. The average Bonchev–Trinajstić information content (AvgIpc) is 2.53. The van der Waals surface area contributed by atoms with E-state index >= 15 is 0 Å². The minimum absolute atomic E-state index is 0.0997. The van der Waals surface area contributed by atoms with E-state index in [4.69, 9.17) is 0 Å². The van der Waals surface area contributed by atoms with Crippen LogP contribution >= 0.6 is 22.6 Å². The Morgan fingerprint density at radius 3 is 2.50 bits per heavy atom. The highest BCUT2D eigenvalue weighted by Crippen LogP contribution is 2.42. The first-order valence-corrected chi connectivity index (χ1v) is 9.30. The number of anilines is 1.